The number of benzene rings is 2. The first kappa shape index (κ1) is 15.6. The summed E-state index contributed by atoms with van der Waals surface area (Å²) in [6, 6.07) is 14.4. The van der Waals surface area contributed by atoms with Gasteiger partial charge in [0, 0.05) is 10.6 Å². The van der Waals surface area contributed by atoms with Gasteiger partial charge in [0.2, 0.25) is 0 Å². The zero-order chi connectivity index (χ0) is 16.6. The SMILES string of the molecule is Cc1ccc(CN2C(=O)NC(C)(c3ccccc3Cl)C2=O)cc1. The van der Waals surface area contributed by atoms with Gasteiger partial charge in [-0.25, -0.2) is 4.79 Å². The summed E-state index contributed by atoms with van der Waals surface area (Å²) in [6.07, 6.45) is 0. The molecule has 0 aromatic heterocycles. The van der Waals surface area contributed by atoms with Gasteiger partial charge in [0.15, 0.2) is 0 Å². The average Bonchev–Trinajstić information content (AvgIpc) is 2.74. The molecule has 1 fully saturated rings. The van der Waals surface area contributed by atoms with Crippen LogP contribution in [0.4, 0.5) is 4.79 Å². The summed E-state index contributed by atoms with van der Waals surface area (Å²) in [7, 11) is 0. The summed E-state index contributed by atoms with van der Waals surface area (Å²) in [5.41, 5.74) is 1.50. The molecule has 1 saturated heterocycles. The number of hydrogen-bond donors (Lipinski definition) is 1. The second-order valence-electron chi connectivity index (χ2n) is 5.91. The third kappa shape index (κ3) is 2.70. The number of rotatable bonds is 3. The summed E-state index contributed by atoms with van der Waals surface area (Å²) >= 11 is 6.21. The maximum Gasteiger partial charge on any atom is 0.325 e. The van der Waals surface area contributed by atoms with Crippen LogP contribution in [0.5, 0.6) is 0 Å². The first-order chi connectivity index (χ1) is 10.9. The lowest BCUT2D eigenvalue weighted by molar-refractivity contribution is -0.131. The van der Waals surface area contributed by atoms with Crippen LogP contribution in [0.15, 0.2) is 48.5 Å². The highest BCUT2D eigenvalue weighted by atomic mass is 35.5. The fourth-order valence-corrected chi connectivity index (χ4v) is 3.09. The van der Waals surface area contributed by atoms with Gasteiger partial charge in [-0.05, 0) is 25.5 Å². The van der Waals surface area contributed by atoms with E-state index in [-0.39, 0.29) is 12.5 Å². The van der Waals surface area contributed by atoms with Crippen molar-refractivity contribution in [3.63, 3.8) is 0 Å². The summed E-state index contributed by atoms with van der Waals surface area (Å²) in [5, 5.41) is 3.23. The van der Waals surface area contributed by atoms with Crippen molar-refractivity contribution < 1.29 is 9.59 Å². The van der Waals surface area contributed by atoms with Crippen LogP contribution in [-0.2, 0) is 16.9 Å². The minimum Gasteiger partial charge on any atom is -0.319 e. The van der Waals surface area contributed by atoms with Crippen molar-refractivity contribution in [1.29, 1.82) is 0 Å². The van der Waals surface area contributed by atoms with Crippen molar-refractivity contribution in [3.05, 3.63) is 70.2 Å². The monoisotopic (exact) mass is 328 g/mol. The Kier molecular flexibility index (Phi) is 3.86. The average molecular weight is 329 g/mol. The molecule has 1 atom stereocenters. The molecule has 1 N–H and O–H groups in total. The number of nitrogens with one attached hydrogen (secondary N) is 1. The molecule has 2 aromatic carbocycles. The van der Waals surface area contributed by atoms with Gasteiger partial charge in [0.05, 0.1) is 6.54 Å². The Morgan fingerprint density at radius 2 is 1.74 bits per heavy atom. The van der Waals surface area contributed by atoms with Gasteiger partial charge in [-0.3, -0.25) is 9.69 Å². The number of aryl methyl sites for hydroxylation is 1. The van der Waals surface area contributed by atoms with E-state index in [4.69, 9.17) is 11.6 Å². The fourth-order valence-electron chi connectivity index (χ4n) is 2.77. The normalized spacial score (nSPS) is 20.7. The molecule has 3 rings (SSSR count). The number of nitrogens with zero attached hydrogens (tertiary/aromatic N) is 1. The Labute approximate surface area is 140 Å². The fraction of sp³-hybridized carbons (Fsp3) is 0.222. The second kappa shape index (κ2) is 5.70. The van der Waals surface area contributed by atoms with Crippen molar-refractivity contribution in [3.8, 4) is 0 Å². The number of carbonyl (C=O) groups excluding carboxylic acids is 2. The number of amides is 3. The Bertz CT molecular complexity index is 773. The van der Waals surface area contributed by atoms with Crippen LogP contribution in [-0.4, -0.2) is 16.8 Å². The van der Waals surface area contributed by atoms with E-state index in [0.29, 0.717) is 10.6 Å². The van der Waals surface area contributed by atoms with E-state index in [0.717, 1.165) is 11.1 Å². The molecule has 1 unspecified atom stereocenters. The zero-order valence-electron chi connectivity index (χ0n) is 13.0. The predicted octanol–water partition coefficient (Wildman–Crippen LogP) is 3.62. The Balaban J connectivity index is 1.91. The molecule has 3 amide bonds. The maximum atomic E-state index is 12.8. The van der Waals surface area contributed by atoms with E-state index < -0.39 is 11.6 Å². The van der Waals surface area contributed by atoms with Crippen molar-refractivity contribution in [2.45, 2.75) is 25.9 Å². The lowest BCUT2D eigenvalue weighted by atomic mass is 9.92. The maximum absolute atomic E-state index is 12.8. The summed E-state index contributed by atoms with van der Waals surface area (Å²) in [6.45, 7) is 3.92. The first-order valence-electron chi connectivity index (χ1n) is 7.36. The molecule has 0 spiro atoms. The molecule has 0 saturated carbocycles. The number of urea groups is 1. The topological polar surface area (TPSA) is 49.4 Å². The van der Waals surface area contributed by atoms with E-state index in [1.54, 1.807) is 31.2 Å². The molecule has 1 aliphatic heterocycles. The molecule has 1 heterocycles. The number of carbonyl (C=O) groups is 2. The van der Waals surface area contributed by atoms with E-state index in [2.05, 4.69) is 5.32 Å². The van der Waals surface area contributed by atoms with Crippen LogP contribution in [0, 0.1) is 6.92 Å². The van der Waals surface area contributed by atoms with Crippen LogP contribution >= 0.6 is 11.6 Å². The molecule has 0 bridgehead atoms. The molecule has 23 heavy (non-hydrogen) atoms. The van der Waals surface area contributed by atoms with Gasteiger partial charge < -0.3 is 5.32 Å². The van der Waals surface area contributed by atoms with Crippen molar-refractivity contribution in [2.75, 3.05) is 0 Å². The third-order valence-electron chi connectivity index (χ3n) is 4.15. The number of imide groups is 1. The Hall–Kier alpha value is -2.33. The van der Waals surface area contributed by atoms with Gasteiger partial charge >= 0.3 is 6.03 Å². The Morgan fingerprint density at radius 1 is 1.09 bits per heavy atom. The Morgan fingerprint density at radius 3 is 2.39 bits per heavy atom. The summed E-state index contributed by atoms with van der Waals surface area (Å²) < 4.78 is 0. The lowest BCUT2D eigenvalue weighted by Gasteiger charge is -2.23. The summed E-state index contributed by atoms with van der Waals surface area (Å²) in [5.74, 6) is -0.295. The molecule has 5 heteroatoms. The van der Waals surface area contributed by atoms with Crippen molar-refractivity contribution in [1.82, 2.24) is 10.2 Å². The van der Waals surface area contributed by atoms with Crippen molar-refractivity contribution in [2.24, 2.45) is 0 Å². The van der Waals surface area contributed by atoms with E-state index in [1.807, 2.05) is 31.2 Å². The van der Waals surface area contributed by atoms with Crippen LogP contribution in [0.3, 0.4) is 0 Å². The molecule has 1 aliphatic rings. The molecular formula is C18H17ClN2O2. The highest BCUT2D eigenvalue weighted by Crippen LogP contribution is 2.33. The van der Waals surface area contributed by atoms with Crippen LogP contribution in [0.2, 0.25) is 5.02 Å². The molecule has 4 nitrogen and oxygen atoms in total. The minimum absolute atomic E-state index is 0.241. The number of halogens is 1. The standard InChI is InChI=1S/C18H17ClN2O2/c1-12-7-9-13(10-8-12)11-21-16(22)18(2,20-17(21)23)14-5-3-4-6-15(14)19/h3-10H,11H2,1-2H3,(H,20,23). The molecule has 0 radical (unpaired) electrons. The van der Waals surface area contributed by atoms with Crippen LogP contribution < -0.4 is 5.32 Å². The first-order valence-corrected chi connectivity index (χ1v) is 7.74. The lowest BCUT2D eigenvalue weighted by Crippen LogP contribution is -2.41. The minimum atomic E-state index is -1.14. The highest BCUT2D eigenvalue weighted by Gasteiger charge is 2.49. The van der Waals surface area contributed by atoms with Gasteiger partial charge in [-0.2, -0.15) is 0 Å². The predicted molar refractivity (Wildman–Crippen MR) is 89.1 cm³/mol. The zero-order valence-corrected chi connectivity index (χ0v) is 13.7. The van der Waals surface area contributed by atoms with Crippen molar-refractivity contribution >= 4 is 23.5 Å². The van der Waals surface area contributed by atoms with E-state index >= 15 is 0 Å². The van der Waals surface area contributed by atoms with Gasteiger partial charge in [0.1, 0.15) is 5.54 Å². The number of hydrogen-bond acceptors (Lipinski definition) is 2. The van der Waals surface area contributed by atoms with E-state index in [1.165, 1.54) is 4.90 Å². The highest BCUT2D eigenvalue weighted by molar-refractivity contribution is 6.32. The molecule has 118 valence electrons. The summed E-state index contributed by atoms with van der Waals surface area (Å²) in [4.78, 5) is 26.4. The van der Waals surface area contributed by atoms with E-state index in [9.17, 15) is 9.59 Å². The molecular weight excluding hydrogens is 312 g/mol. The quantitative estimate of drug-likeness (QED) is 0.875. The van der Waals surface area contributed by atoms with Gasteiger partial charge in [0.25, 0.3) is 5.91 Å². The third-order valence-corrected chi connectivity index (χ3v) is 4.48. The molecule has 0 aliphatic carbocycles. The largest absolute Gasteiger partial charge is 0.325 e. The molecule has 2 aromatic rings. The second-order valence-corrected chi connectivity index (χ2v) is 6.32. The van der Waals surface area contributed by atoms with Gasteiger partial charge in [-0.15, -0.1) is 0 Å². The van der Waals surface area contributed by atoms with Crippen LogP contribution in [0.1, 0.15) is 23.6 Å². The van der Waals surface area contributed by atoms with Crippen LogP contribution in [0.25, 0.3) is 0 Å². The van der Waals surface area contributed by atoms with Gasteiger partial charge in [-0.1, -0.05) is 59.6 Å². The smallest absolute Gasteiger partial charge is 0.319 e.